The lowest BCUT2D eigenvalue weighted by Gasteiger charge is -2.24. The molecule has 1 aromatic carbocycles. The summed E-state index contributed by atoms with van der Waals surface area (Å²) in [4.78, 5) is 37.4. The standard InChI is InChI=1S/C17H16N3O6P/c1-10(21)26-13-9-27(25,12-5-3-2-4-6-12)16(14(13)22)20-8-11(7-18)15(23)19-17(20)24/h2-6,8,13-14,16,22H,9H2,1H3,(H,19,23,24). The monoisotopic (exact) mass is 389 g/mol. The highest BCUT2D eigenvalue weighted by Crippen LogP contribution is 2.63. The Morgan fingerprint density at radius 1 is 1.37 bits per heavy atom. The van der Waals surface area contributed by atoms with Gasteiger partial charge in [-0.2, -0.15) is 5.26 Å². The molecule has 0 amide bonds. The maximum absolute atomic E-state index is 13.9. The van der Waals surface area contributed by atoms with Gasteiger partial charge in [0.2, 0.25) is 0 Å². The van der Waals surface area contributed by atoms with Crippen LogP contribution in [-0.2, 0) is 14.1 Å². The molecule has 2 aromatic rings. The molecule has 140 valence electrons. The molecular formula is C17H16N3O6P. The third kappa shape index (κ3) is 3.25. The molecular weight excluding hydrogens is 373 g/mol. The zero-order valence-electron chi connectivity index (χ0n) is 14.2. The van der Waals surface area contributed by atoms with Crippen molar-refractivity contribution in [2.24, 2.45) is 0 Å². The lowest BCUT2D eigenvalue weighted by Crippen LogP contribution is -2.39. The molecule has 0 bridgehead atoms. The van der Waals surface area contributed by atoms with E-state index in [9.17, 15) is 24.1 Å². The first-order chi connectivity index (χ1) is 12.8. The van der Waals surface area contributed by atoms with Crippen LogP contribution < -0.4 is 16.6 Å². The first-order valence-electron chi connectivity index (χ1n) is 8.03. The molecule has 2 heterocycles. The van der Waals surface area contributed by atoms with Gasteiger partial charge in [0.1, 0.15) is 36.8 Å². The third-order valence-electron chi connectivity index (χ3n) is 4.45. The molecule has 1 aromatic heterocycles. The molecule has 1 aliphatic rings. The summed E-state index contributed by atoms with van der Waals surface area (Å²) in [5.41, 5.74) is -2.16. The van der Waals surface area contributed by atoms with Crippen LogP contribution in [0.4, 0.5) is 0 Å². The number of hydrogen-bond donors (Lipinski definition) is 2. The van der Waals surface area contributed by atoms with Crippen LogP contribution in [0.15, 0.2) is 46.1 Å². The number of carbonyl (C=O) groups is 1. The maximum Gasteiger partial charge on any atom is 0.329 e. The average Bonchev–Trinajstić information content (AvgIpc) is 2.87. The topological polar surface area (TPSA) is 142 Å². The van der Waals surface area contributed by atoms with E-state index >= 15 is 0 Å². The minimum absolute atomic E-state index is 0.171. The van der Waals surface area contributed by atoms with E-state index < -0.39 is 42.4 Å². The molecule has 0 radical (unpaired) electrons. The largest absolute Gasteiger partial charge is 0.459 e. The summed E-state index contributed by atoms with van der Waals surface area (Å²) in [5, 5.41) is 20.2. The predicted molar refractivity (Wildman–Crippen MR) is 95.2 cm³/mol. The van der Waals surface area contributed by atoms with Gasteiger partial charge in [0.05, 0.1) is 0 Å². The van der Waals surface area contributed by atoms with Gasteiger partial charge < -0.3 is 14.4 Å². The molecule has 0 spiro atoms. The van der Waals surface area contributed by atoms with Gasteiger partial charge in [-0.3, -0.25) is 19.1 Å². The fraction of sp³-hybridized carbons (Fsp3) is 0.294. The SMILES string of the molecule is CC(=O)OC1CP(=O)(c2ccccc2)C(n2cc(C#N)c(=O)[nH]c2=O)C1O. The molecule has 27 heavy (non-hydrogen) atoms. The number of nitrogens with one attached hydrogen (secondary N) is 1. The van der Waals surface area contributed by atoms with E-state index in [1.165, 1.54) is 0 Å². The number of nitriles is 1. The van der Waals surface area contributed by atoms with E-state index in [1.54, 1.807) is 36.4 Å². The molecule has 0 saturated carbocycles. The number of H-pyrrole nitrogens is 1. The van der Waals surface area contributed by atoms with E-state index in [0.29, 0.717) is 5.30 Å². The van der Waals surface area contributed by atoms with E-state index in [2.05, 4.69) is 0 Å². The summed E-state index contributed by atoms with van der Waals surface area (Å²) in [6.45, 7) is 1.16. The number of nitrogens with zero attached hydrogens (tertiary/aromatic N) is 2. The zero-order chi connectivity index (χ0) is 19.8. The second-order valence-electron chi connectivity index (χ2n) is 6.19. The van der Waals surface area contributed by atoms with Crippen molar-refractivity contribution in [2.75, 3.05) is 6.16 Å². The molecule has 4 atom stereocenters. The van der Waals surface area contributed by atoms with Gasteiger partial charge in [-0.05, 0) is 0 Å². The van der Waals surface area contributed by atoms with Crippen LogP contribution in [0.3, 0.4) is 0 Å². The van der Waals surface area contributed by atoms with Crippen molar-refractivity contribution < 1.29 is 19.2 Å². The smallest absolute Gasteiger partial charge is 0.329 e. The highest BCUT2D eigenvalue weighted by atomic mass is 31.2. The summed E-state index contributed by atoms with van der Waals surface area (Å²) in [7, 11) is -3.49. The van der Waals surface area contributed by atoms with Gasteiger partial charge in [-0.15, -0.1) is 0 Å². The Bertz CT molecular complexity index is 1080. The van der Waals surface area contributed by atoms with Crippen LogP contribution in [0, 0.1) is 11.3 Å². The number of benzene rings is 1. The van der Waals surface area contributed by atoms with Gasteiger partial charge in [0, 0.05) is 24.6 Å². The summed E-state index contributed by atoms with van der Waals surface area (Å²) in [5.74, 6) is -1.95. The lowest BCUT2D eigenvalue weighted by molar-refractivity contribution is -0.150. The lowest BCUT2D eigenvalue weighted by atomic mass is 10.2. The predicted octanol–water partition coefficient (Wildman–Crippen LogP) is -0.0983. The van der Waals surface area contributed by atoms with Crippen LogP contribution in [0.25, 0.3) is 0 Å². The molecule has 10 heteroatoms. The summed E-state index contributed by atoms with van der Waals surface area (Å²) < 4.78 is 19.9. The van der Waals surface area contributed by atoms with E-state index in [4.69, 9.17) is 10.00 Å². The molecule has 4 unspecified atom stereocenters. The van der Waals surface area contributed by atoms with Crippen LogP contribution in [0.5, 0.6) is 0 Å². The normalized spacial score (nSPS) is 27.1. The number of esters is 1. The van der Waals surface area contributed by atoms with E-state index in [0.717, 1.165) is 17.7 Å². The number of hydrogen-bond acceptors (Lipinski definition) is 7. The van der Waals surface area contributed by atoms with Crippen molar-refractivity contribution in [1.29, 1.82) is 5.26 Å². The minimum Gasteiger partial charge on any atom is -0.459 e. The summed E-state index contributed by atoms with van der Waals surface area (Å²) >= 11 is 0. The molecule has 0 aliphatic carbocycles. The summed E-state index contributed by atoms with van der Waals surface area (Å²) in [6, 6.07) is 9.89. The maximum atomic E-state index is 13.9. The number of aliphatic hydroxyl groups excluding tert-OH is 1. The number of carbonyl (C=O) groups excluding carboxylic acids is 1. The second-order valence-corrected chi connectivity index (χ2v) is 9.19. The van der Waals surface area contributed by atoms with Gasteiger partial charge in [-0.1, -0.05) is 30.3 Å². The van der Waals surface area contributed by atoms with Crippen LogP contribution >= 0.6 is 7.14 Å². The van der Waals surface area contributed by atoms with Gasteiger partial charge >= 0.3 is 11.7 Å². The van der Waals surface area contributed by atoms with E-state index in [-0.39, 0.29) is 11.7 Å². The van der Waals surface area contributed by atoms with Gasteiger partial charge in [0.15, 0.2) is 0 Å². The Labute approximate surface area is 153 Å². The Hall–Kier alpha value is -2.95. The van der Waals surface area contributed by atoms with Crippen LogP contribution in [0.2, 0.25) is 0 Å². The van der Waals surface area contributed by atoms with Crippen LogP contribution in [0.1, 0.15) is 18.3 Å². The highest BCUT2D eigenvalue weighted by Gasteiger charge is 2.54. The second kappa shape index (κ2) is 6.99. The fourth-order valence-corrected chi connectivity index (χ4v) is 6.80. The Kier molecular flexibility index (Phi) is 4.87. The van der Waals surface area contributed by atoms with Gasteiger partial charge in [-0.25, -0.2) is 4.79 Å². The van der Waals surface area contributed by atoms with E-state index in [1.807, 2.05) is 4.98 Å². The highest BCUT2D eigenvalue weighted by molar-refractivity contribution is 7.72. The molecule has 1 aliphatic heterocycles. The average molecular weight is 389 g/mol. The number of ether oxygens (including phenoxy) is 1. The molecule has 1 saturated heterocycles. The van der Waals surface area contributed by atoms with Crippen molar-refractivity contribution >= 4 is 18.4 Å². The summed E-state index contributed by atoms with van der Waals surface area (Å²) in [6.07, 6.45) is -1.76. The Balaban J connectivity index is 2.22. The number of rotatable bonds is 3. The van der Waals surface area contributed by atoms with Gasteiger partial charge in [0.25, 0.3) is 5.56 Å². The quantitative estimate of drug-likeness (QED) is 0.551. The molecule has 2 N–H and O–H groups in total. The van der Waals surface area contributed by atoms with Crippen molar-refractivity contribution in [2.45, 2.75) is 24.9 Å². The molecule has 9 nitrogen and oxygen atoms in total. The first kappa shape index (κ1) is 18.8. The fourth-order valence-electron chi connectivity index (χ4n) is 3.31. The van der Waals surface area contributed by atoms with Crippen LogP contribution in [-0.4, -0.2) is 39.0 Å². The first-order valence-corrected chi connectivity index (χ1v) is 9.99. The number of aromatic amines is 1. The van der Waals surface area contributed by atoms with Crippen molar-refractivity contribution in [3.05, 3.63) is 62.9 Å². The van der Waals surface area contributed by atoms with Crippen molar-refractivity contribution in [3.8, 4) is 6.07 Å². The van der Waals surface area contributed by atoms with Crippen molar-refractivity contribution in [3.63, 3.8) is 0 Å². The van der Waals surface area contributed by atoms with Crippen molar-refractivity contribution in [1.82, 2.24) is 9.55 Å². The number of aromatic nitrogens is 2. The Morgan fingerprint density at radius 3 is 2.63 bits per heavy atom. The zero-order valence-corrected chi connectivity index (χ0v) is 15.1. The number of aliphatic hydroxyl groups is 1. The minimum atomic E-state index is -3.49. The third-order valence-corrected chi connectivity index (χ3v) is 7.93. The molecule has 1 fully saturated rings. The molecule has 3 rings (SSSR count). The Morgan fingerprint density at radius 2 is 2.04 bits per heavy atom.